The van der Waals surface area contributed by atoms with Crippen LogP contribution in [0.25, 0.3) is 10.8 Å². The summed E-state index contributed by atoms with van der Waals surface area (Å²) in [4.78, 5) is 25.5. The third-order valence-corrected chi connectivity index (χ3v) is 3.95. The third kappa shape index (κ3) is 3.15. The Morgan fingerprint density at radius 3 is 2.12 bits per heavy atom. The number of nitrogens with zero attached hydrogens (tertiary/aromatic N) is 1. The molecule has 6 heteroatoms. The highest BCUT2D eigenvalue weighted by Crippen LogP contribution is 2.28. The van der Waals surface area contributed by atoms with Crippen LogP contribution in [-0.2, 0) is 6.54 Å². The summed E-state index contributed by atoms with van der Waals surface area (Å²) in [5.74, 6) is -0.912. The zero-order valence-corrected chi connectivity index (χ0v) is 13.3. The Morgan fingerprint density at radius 2 is 1.56 bits per heavy atom. The maximum absolute atomic E-state index is 12.8. The average molecular weight is 335 g/mol. The molecule has 5 N–H and O–H groups in total. The Morgan fingerprint density at radius 1 is 0.960 bits per heavy atom. The van der Waals surface area contributed by atoms with E-state index in [0.717, 1.165) is 21.2 Å². The van der Waals surface area contributed by atoms with Crippen LogP contribution in [-0.4, -0.2) is 17.0 Å². The van der Waals surface area contributed by atoms with Crippen LogP contribution >= 0.6 is 0 Å². The molecule has 6 nitrogen and oxygen atoms in total. The van der Waals surface area contributed by atoms with Crippen LogP contribution in [0.3, 0.4) is 0 Å². The van der Waals surface area contributed by atoms with Gasteiger partial charge < -0.3 is 16.6 Å². The average Bonchev–Trinajstić information content (AvgIpc) is 2.61. The highest BCUT2D eigenvalue weighted by atomic mass is 16.3. The number of amides is 3. The van der Waals surface area contributed by atoms with E-state index in [4.69, 9.17) is 11.5 Å². The number of nitrogens with two attached hydrogens (primary N) is 2. The summed E-state index contributed by atoms with van der Waals surface area (Å²) in [6.07, 6.45) is 0. The number of hydrogen-bond acceptors (Lipinski definition) is 4. The second-order valence-electron chi connectivity index (χ2n) is 5.57. The van der Waals surface area contributed by atoms with Gasteiger partial charge >= 0.3 is 6.03 Å². The standard InChI is InChI=1S/C19H17N3O3/c20-11-12-5-7-15(8-6-12)22(19(21)25)18(24)16-9-13-3-1-2-4-14(13)10-17(16)23/h1-10,23H,11,20H2,(H2,21,25). The van der Waals surface area contributed by atoms with Crippen LogP contribution in [0.2, 0.25) is 0 Å². The van der Waals surface area contributed by atoms with Gasteiger partial charge in [-0.3, -0.25) is 4.79 Å². The summed E-state index contributed by atoms with van der Waals surface area (Å²) in [6, 6.07) is 16.0. The lowest BCUT2D eigenvalue weighted by Crippen LogP contribution is -2.41. The first-order chi connectivity index (χ1) is 12.0. The van der Waals surface area contributed by atoms with Crippen molar-refractivity contribution in [1.82, 2.24) is 0 Å². The maximum atomic E-state index is 12.8. The Kier molecular flexibility index (Phi) is 4.36. The number of hydrogen-bond donors (Lipinski definition) is 3. The topological polar surface area (TPSA) is 110 Å². The molecule has 0 fully saturated rings. The van der Waals surface area contributed by atoms with Crippen LogP contribution in [0.5, 0.6) is 5.75 Å². The number of benzene rings is 3. The molecule has 0 heterocycles. The number of phenols is 1. The largest absolute Gasteiger partial charge is 0.507 e. The number of aromatic hydroxyl groups is 1. The minimum Gasteiger partial charge on any atom is -0.507 e. The summed E-state index contributed by atoms with van der Waals surface area (Å²) >= 11 is 0. The number of urea groups is 1. The summed E-state index contributed by atoms with van der Waals surface area (Å²) in [5.41, 5.74) is 12.1. The van der Waals surface area contributed by atoms with Crippen molar-refractivity contribution < 1.29 is 14.7 Å². The summed E-state index contributed by atoms with van der Waals surface area (Å²) in [6.45, 7) is 0.344. The SMILES string of the molecule is NCc1ccc(N(C(N)=O)C(=O)c2cc3ccccc3cc2O)cc1. The van der Waals surface area contributed by atoms with E-state index in [0.29, 0.717) is 12.2 Å². The van der Waals surface area contributed by atoms with Gasteiger partial charge in [-0.05, 0) is 40.6 Å². The molecule has 0 radical (unpaired) electrons. The third-order valence-electron chi connectivity index (χ3n) is 3.95. The van der Waals surface area contributed by atoms with E-state index >= 15 is 0 Å². The second-order valence-corrected chi connectivity index (χ2v) is 5.57. The Balaban J connectivity index is 2.06. The second kappa shape index (κ2) is 6.62. The van der Waals surface area contributed by atoms with E-state index in [1.54, 1.807) is 24.3 Å². The zero-order chi connectivity index (χ0) is 18.0. The lowest BCUT2D eigenvalue weighted by Gasteiger charge is -2.19. The first kappa shape index (κ1) is 16.5. The molecule has 0 spiro atoms. The predicted molar refractivity (Wildman–Crippen MR) is 96.3 cm³/mol. The fraction of sp³-hybridized carbons (Fsp3) is 0.0526. The summed E-state index contributed by atoms with van der Waals surface area (Å²) in [7, 11) is 0. The number of carbonyl (C=O) groups is 2. The molecule has 0 unspecified atom stereocenters. The Hall–Kier alpha value is -3.38. The first-order valence-corrected chi connectivity index (χ1v) is 7.66. The van der Waals surface area contributed by atoms with Crippen LogP contribution in [0.15, 0.2) is 60.7 Å². The van der Waals surface area contributed by atoms with E-state index in [-0.39, 0.29) is 11.3 Å². The molecule has 0 aliphatic carbocycles. The first-order valence-electron chi connectivity index (χ1n) is 7.66. The van der Waals surface area contributed by atoms with Gasteiger partial charge in [-0.15, -0.1) is 0 Å². The van der Waals surface area contributed by atoms with E-state index in [1.165, 1.54) is 12.1 Å². The van der Waals surface area contributed by atoms with Crippen LogP contribution in [0, 0.1) is 0 Å². The van der Waals surface area contributed by atoms with Crippen molar-refractivity contribution in [3.8, 4) is 5.75 Å². The fourth-order valence-corrected chi connectivity index (χ4v) is 2.65. The van der Waals surface area contributed by atoms with Crippen molar-refractivity contribution in [2.75, 3.05) is 4.90 Å². The number of fused-ring (bicyclic) bond motifs is 1. The van der Waals surface area contributed by atoms with Gasteiger partial charge in [0.05, 0.1) is 11.3 Å². The lowest BCUT2D eigenvalue weighted by molar-refractivity contribution is 0.0993. The molecule has 0 saturated carbocycles. The van der Waals surface area contributed by atoms with Crippen molar-refractivity contribution in [2.45, 2.75) is 6.54 Å². The van der Waals surface area contributed by atoms with E-state index < -0.39 is 11.9 Å². The lowest BCUT2D eigenvalue weighted by atomic mass is 10.0. The molecule has 126 valence electrons. The number of carbonyl (C=O) groups excluding carboxylic acids is 2. The highest BCUT2D eigenvalue weighted by Gasteiger charge is 2.25. The molecule has 3 rings (SSSR count). The summed E-state index contributed by atoms with van der Waals surface area (Å²) < 4.78 is 0. The highest BCUT2D eigenvalue weighted by molar-refractivity contribution is 6.21. The molecule has 3 amide bonds. The van der Waals surface area contributed by atoms with Crippen molar-refractivity contribution in [3.05, 3.63) is 71.8 Å². The predicted octanol–water partition coefficient (Wildman–Crippen LogP) is 2.73. The summed E-state index contributed by atoms with van der Waals surface area (Å²) in [5, 5.41) is 11.8. The maximum Gasteiger partial charge on any atom is 0.326 e. The van der Waals surface area contributed by atoms with E-state index in [1.807, 2.05) is 24.3 Å². The number of anilines is 1. The Labute approximate surface area is 144 Å². The van der Waals surface area contributed by atoms with Gasteiger partial charge in [0.2, 0.25) is 0 Å². The van der Waals surface area contributed by atoms with Gasteiger partial charge in [-0.25, -0.2) is 9.69 Å². The minimum atomic E-state index is -0.932. The van der Waals surface area contributed by atoms with E-state index in [9.17, 15) is 14.7 Å². The van der Waals surface area contributed by atoms with Crippen LogP contribution in [0.1, 0.15) is 15.9 Å². The Bertz CT molecular complexity index is 952. The normalized spacial score (nSPS) is 10.6. The number of phenolic OH excluding ortho intramolecular Hbond substituents is 1. The van der Waals surface area contributed by atoms with Crippen LogP contribution in [0.4, 0.5) is 10.5 Å². The van der Waals surface area contributed by atoms with Crippen molar-refractivity contribution in [3.63, 3.8) is 0 Å². The van der Waals surface area contributed by atoms with Crippen molar-refractivity contribution >= 4 is 28.4 Å². The smallest absolute Gasteiger partial charge is 0.326 e. The molecule has 25 heavy (non-hydrogen) atoms. The minimum absolute atomic E-state index is 0.000372. The molecule has 0 aromatic heterocycles. The van der Waals surface area contributed by atoms with Gasteiger partial charge in [-0.1, -0.05) is 36.4 Å². The number of rotatable bonds is 3. The molecular formula is C19H17N3O3. The van der Waals surface area contributed by atoms with Crippen LogP contribution < -0.4 is 16.4 Å². The van der Waals surface area contributed by atoms with Gasteiger partial charge in [-0.2, -0.15) is 0 Å². The molecule has 0 bridgehead atoms. The van der Waals surface area contributed by atoms with E-state index in [2.05, 4.69) is 0 Å². The van der Waals surface area contributed by atoms with Gasteiger partial charge in [0, 0.05) is 6.54 Å². The molecule has 0 aliphatic heterocycles. The van der Waals surface area contributed by atoms with Crippen molar-refractivity contribution in [2.24, 2.45) is 11.5 Å². The van der Waals surface area contributed by atoms with Gasteiger partial charge in [0.25, 0.3) is 5.91 Å². The number of imide groups is 1. The molecule has 0 aliphatic rings. The molecule has 0 atom stereocenters. The molecular weight excluding hydrogens is 318 g/mol. The number of primary amides is 1. The van der Waals surface area contributed by atoms with Gasteiger partial charge in [0.1, 0.15) is 5.75 Å². The quantitative estimate of drug-likeness (QED) is 0.683. The fourth-order valence-electron chi connectivity index (χ4n) is 2.65. The van der Waals surface area contributed by atoms with Crippen molar-refractivity contribution in [1.29, 1.82) is 0 Å². The molecule has 3 aromatic carbocycles. The monoisotopic (exact) mass is 335 g/mol. The van der Waals surface area contributed by atoms with Gasteiger partial charge in [0.15, 0.2) is 0 Å². The zero-order valence-electron chi connectivity index (χ0n) is 13.3. The molecule has 0 saturated heterocycles. The molecule has 3 aromatic rings.